The van der Waals surface area contributed by atoms with E-state index >= 15 is 0 Å². The summed E-state index contributed by atoms with van der Waals surface area (Å²) in [6.07, 6.45) is -4.01. The average molecular weight is 645 g/mol. The summed E-state index contributed by atoms with van der Waals surface area (Å²) >= 11 is 11.9. The van der Waals surface area contributed by atoms with Crippen molar-refractivity contribution < 1.29 is 31.2 Å². The molecule has 0 spiro atoms. The number of sulfonamides is 1. The Morgan fingerprint density at radius 3 is 2.14 bits per heavy atom. The number of nitrogens with one attached hydrogen (secondary N) is 1. The third-order valence-corrected chi connectivity index (χ3v) is 7.87. The van der Waals surface area contributed by atoms with E-state index in [0.717, 1.165) is 24.0 Å². The van der Waals surface area contributed by atoms with E-state index in [1.165, 1.54) is 4.90 Å². The van der Waals surface area contributed by atoms with Gasteiger partial charge >= 0.3 is 6.18 Å². The molecule has 0 aliphatic heterocycles. The van der Waals surface area contributed by atoms with Crippen molar-refractivity contribution in [3.63, 3.8) is 0 Å². The van der Waals surface area contributed by atoms with Crippen LogP contribution in [0, 0.1) is 0 Å². The molecule has 7 nitrogen and oxygen atoms in total. The molecule has 1 N–H and O–H groups in total. The van der Waals surface area contributed by atoms with Gasteiger partial charge in [0.1, 0.15) is 12.6 Å². The zero-order valence-corrected chi connectivity index (χ0v) is 25.4. The predicted octanol–water partition coefficient (Wildman–Crippen LogP) is 5.94. The van der Waals surface area contributed by atoms with Crippen LogP contribution in [0.1, 0.15) is 30.5 Å². The van der Waals surface area contributed by atoms with Crippen LogP contribution in [-0.2, 0) is 38.8 Å². The summed E-state index contributed by atoms with van der Waals surface area (Å²) in [5.74, 6) is -1.30. The van der Waals surface area contributed by atoms with Crippen molar-refractivity contribution >= 4 is 50.7 Å². The fourth-order valence-electron chi connectivity index (χ4n) is 4.27. The minimum Gasteiger partial charge on any atom is -0.352 e. The van der Waals surface area contributed by atoms with E-state index in [1.807, 2.05) is 0 Å². The molecule has 0 radical (unpaired) electrons. The molecular weight excluding hydrogens is 614 g/mol. The summed E-state index contributed by atoms with van der Waals surface area (Å²) in [7, 11) is -4.27. The molecule has 0 bridgehead atoms. The van der Waals surface area contributed by atoms with Gasteiger partial charge in [-0.1, -0.05) is 65.7 Å². The topological polar surface area (TPSA) is 86.8 Å². The molecule has 3 aromatic carbocycles. The predicted molar refractivity (Wildman–Crippen MR) is 158 cm³/mol. The summed E-state index contributed by atoms with van der Waals surface area (Å²) in [5, 5.41) is 2.57. The van der Waals surface area contributed by atoms with Gasteiger partial charge in [0.15, 0.2) is 0 Å². The van der Waals surface area contributed by atoms with Crippen LogP contribution in [0.4, 0.5) is 18.9 Å². The number of hydrogen-bond donors (Lipinski definition) is 1. The van der Waals surface area contributed by atoms with Gasteiger partial charge in [0.05, 0.1) is 22.5 Å². The van der Waals surface area contributed by atoms with Crippen molar-refractivity contribution in [1.82, 2.24) is 10.2 Å². The molecule has 3 rings (SSSR count). The average Bonchev–Trinajstić information content (AvgIpc) is 2.88. The molecule has 0 saturated carbocycles. The minimum atomic E-state index is -4.87. The van der Waals surface area contributed by atoms with E-state index in [1.54, 1.807) is 68.4 Å². The van der Waals surface area contributed by atoms with Gasteiger partial charge in [-0.25, -0.2) is 8.42 Å². The van der Waals surface area contributed by atoms with Crippen LogP contribution in [0.5, 0.6) is 0 Å². The van der Waals surface area contributed by atoms with Crippen LogP contribution in [0.25, 0.3) is 0 Å². The summed E-state index contributed by atoms with van der Waals surface area (Å²) in [6, 6.07) is 16.7. The molecule has 0 aromatic heterocycles. The van der Waals surface area contributed by atoms with Crippen molar-refractivity contribution in [3.05, 3.63) is 99.5 Å². The summed E-state index contributed by atoms with van der Waals surface area (Å²) in [6.45, 7) is 2.50. The van der Waals surface area contributed by atoms with Gasteiger partial charge in [-0.15, -0.1) is 0 Å². The largest absolute Gasteiger partial charge is 0.417 e. The van der Waals surface area contributed by atoms with E-state index in [0.29, 0.717) is 21.0 Å². The molecule has 0 heterocycles. The van der Waals surface area contributed by atoms with E-state index in [4.69, 9.17) is 23.2 Å². The number of rotatable bonds is 11. The van der Waals surface area contributed by atoms with E-state index in [2.05, 4.69) is 5.32 Å². The number of nitrogens with zero attached hydrogens (tertiary/aromatic N) is 2. The molecule has 42 heavy (non-hydrogen) atoms. The third-order valence-electron chi connectivity index (χ3n) is 6.17. The Hall–Kier alpha value is -3.28. The quantitative estimate of drug-likeness (QED) is 0.280. The van der Waals surface area contributed by atoms with Crippen LogP contribution in [-0.4, -0.2) is 50.0 Å². The number of amides is 2. The van der Waals surface area contributed by atoms with Crippen LogP contribution in [0.15, 0.2) is 72.8 Å². The Labute approximate surface area is 253 Å². The molecular formula is C29H30Cl2F3N3O4S. The molecule has 0 unspecified atom stereocenters. The van der Waals surface area contributed by atoms with Crippen LogP contribution in [0.3, 0.4) is 0 Å². The second-order valence-corrected chi connectivity index (χ2v) is 12.7. The number of halogens is 5. The SMILES string of the molecule is CC(C)NC(=O)[C@@H](Cc1ccccc1)N(Cc1cccc(Cl)c1)C(=O)CN(c1ccc(Cl)c(C(F)(F)F)c1)S(C)(=O)=O. The number of carbonyl (C=O) groups excluding carboxylic acids is 2. The van der Waals surface area contributed by atoms with E-state index < -0.39 is 56.9 Å². The lowest BCUT2D eigenvalue weighted by Crippen LogP contribution is -2.54. The summed E-state index contributed by atoms with van der Waals surface area (Å²) in [5.41, 5.74) is -0.367. The third kappa shape index (κ3) is 9.11. The maximum atomic E-state index is 14.0. The lowest BCUT2D eigenvalue weighted by atomic mass is 10.0. The van der Waals surface area contributed by atoms with Crippen molar-refractivity contribution in [3.8, 4) is 0 Å². The first-order valence-corrected chi connectivity index (χ1v) is 15.4. The van der Waals surface area contributed by atoms with Crippen molar-refractivity contribution in [2.45, 2.75) is 45.1 Å². The van der Waals surface area contributed by atoms with Crippen LogP contribution in [0.2, 0.25) is 10.0 Å². The molecule has 0 aliphatic rings. The smallest absolute Gasteiger partial charge is 0.352 e. The van der Waals surface area contributed by atoms with Crippen molar-refractivity contribution in [1.29, 1.82) is 0 Å². The van der Waals surface area contributed by atoms with Gasteiger partial charge in [0.25, 0.3) is 0 Å². The summed E-state index contributed by atoms with van der Waals surface area (Å²) in [4.78, 5) is 28.7. The highest BCUT2D eigenvalue weighted by Crippen LogP contribution is 2.37. The molecule has 0 aliphatic carbocycles. The highest BCUT2D eigenvalue weighted by Gasteiger charge is 2.36. The maximum Gasteiger partial charge on any atom is 0.417 e. The maximum absolute atomic E-state index is 14.0. The van der Waals surface area contributed by atoms with Crippen LogP contribution < -0.4 is 9.62 Å². The lowest BCUT2D eigenvalue weighted by Gasteiger charge is -2.34. The van der Waals surface area contributed by atoms with Gasteiger partial charge in [-0.2, -0.15) is 13.2 Å². The molecule has 13 heteroatoms. The standard InChI is InChI=1S/C29H30Cl2F3N3O4S/c1-19(2)35-28(39)26(15-20-8-5-4-6-9-20)36(17-21-10-7-11-22(30)14-21)27(38)18-37(42(3,40)41)23-12-13-25(31)24(16-23)29(32,33)34/h4-14,16,19,26H,15,17-18H2,1-3H3,(H,35,39)/t26-/m1/s1. The van der Waals surface area contributed by atoms with Gasteiger partial charge in [0, 0.05) is 24.0 Å². The van der Waals surface area contributed by atoms with Crippen LogP contribution >= 0.6 is 23.2 Å². The normalized spacial score (nSPS) is 12.6. The second-order valence-electron chi connectivity index (χ2n) is 9.95. The number of benzene rings is 3. The Balaban J connectivity index is 2.10. The zero-order valence-electron chi connectivity index (χ0n) is 23.0. The highest BCUT2D eigenvalue weighted by molar-refractivity contribution is 7.92. The Morgan fingerprint density at radius 1 is 0.929 bits per heavy atom. The fraction of sp³-hybridized carbons (Fsp3) is 0.310. The van der Waals surface area contributed by atoms with Gasteiger partial charge in [0.2, 0.25) is 21.8 Å². The van der Waals surface area contributed by atoms with Crippen molar-refractivity contribution in [2.75, 3.05) is 17.1 Å². The molecule has 1 atom stereocenters. The number of carbonyl (C=O) groups is 2. The Kier molecular flexibility index (Phi) is 10.9. The first-order chi connectivity index (χ1) is 19.6. The molecule has 0 fully saturated rings. The monoisotopic (exact) mass is 643 g/mol. The summed E-state index contributed by atoms with van der Waals surface area (Å²) < 4.78 is 66.9. The number of alkyl halides is 3. The lowest BCUT2D eigenvalue weighted by molar-refractivity contribution is -0.140. The first-order valence-electron chi connectivity index (χ1n) is 12.8. The van der Waals surface area contributed by atoms with Gasteiger partial charge in [-0.3, -0.25) is 13.9 Å². The Morgan fingerprint density at radius 2 is 1.57 bits per heavy atom. The fourth-order valence-corrected chi connectivity index (χ4v) is 5.55. The second kappa shape index (κ2) is 13.8. The zero-order chi connectivity index (χ0) is 31.2. The first kappa shape index (κ1) is 33.2. The number of anilines is 1. The minimum absolute atomic E-state index is 0.0870. The van der Waals surface area contributed by atoms with E-state index in [-0.39, 0.29) is 19.0 Å². The van der Waals surface area contributed by atoms with Crippen molar-refractivity contribution in [2.24, 2.45) is 0 Å². The van der Waals surface area contributed by atoms with Gasteiger partial charge in [-0.05, 0) is 55.3 Å². The number of hydrogen-bond acceptors (Lipinski definition) is 4. The highest BCUT2D eigenvalue weighted by atomic mass is 35.5. The molecule has 2 amide bonds. The van der Waals surface area contributed by atoms with Gasteiger partial charge < -0.3 is 10.2 Å². The Bertz CT molecular complexity index is 1520. The molecule has 3 aromatic rings. The molecule has 226 valence electrons. The van der Waals surface area contributed by atoms with E-state index in [9.17, 15) is 31.2 Å². The molecule has 0 saturated heterocycles.